The molecule has 132 valence electrons. The summed E-state index contributed by atoms with van der Waals surface area (Å²) in [4.78, 5) is 24.3. The van der Waals surface area contributed by atoms with Gasteiger partial charge < -0.3 is 10.6 Å². The summed E-state index contributed by atoms with van der Waals surface area (Å²) in [5.74, 6) is -0.621. The van der Waals surface area contributed by atoms with Crippen molar-refractivity contribution < 1.29 is 9.59 Å². The van der Waals surface area contributed by atoms with Crippen molar-refractivity contribution in [3.63, 3.8) is 0 Å². The first-order chi connectivity index (χ1) is 11.8. The zero-order valence-electron chi connectivity index (χ0n) is 13.1. The summed E-state index contributed by atoms with van der Waals surface area (Å²) >= 11 is 23.4. The Labute approximate surface area is 165 Å². The molecule has 0 aromatic heterocycles. The predicted molar refractivity (Wildman–Crippen MR) is 102 cm³/mol. The third-order valence-corrected chi connectivity index (χ3v) is 4.79. The smallest absolute Gasteiger partial charge is 0.251 e. The molecule has 0 aliphatic heterocycles. The quantitative estimate of drug-likeness (QED) is 0.727. The summed E-state index contributed by atoms with van der Waals surface area (Å²) in [6.45, 7) is 2.01. The average molecular weight is 420 g/mol. The van der Waals surface area contributed by atoms with E-state index in [1.807, 2.05) is 0 Å². The fourth-order valence-corrected chi connectivity index (χ4v) is 2.58. The Morgan fingerprint density at radius 2 is 1.32 bits per heavy atom. The monoisotopic (exact) mass is 418 g/mol. The van der Waals surface area contributed by atoms with Gasteiger partial charge in [-0.1, -0.05) is 46.4 Å². The molecule has 0 bridgehead atoms. The van der Waals surface area contributed by atoms with Crippen molar-refractivity contribution in [2.75, 3.05) is 6.54 Å². The van der Waals surface area contributed by atoms with Crippen LogP contribution in [0.15, 0.2) is 36.4 Å². The minimum Gasteiger partial charge on any atom is -0.350 e. The Bertz CT molecular complexity index is 811. The van der Waals surface area contributed by atoms with Gasteiger partial charge in [0.25, 0.3) is 11.8 Å². The van der Waals surface area contributed by atoms with Crippen LogP contribution in [-0.2, 0) is 0 Å². The second-order valence-electron chi connectivity index (χ2n) is 5.34. The molecule has 1 unspecified atom stereocenters. The van der Waals surface area contributed by atoms with Crippen molar-refractivity contribution in [2.45, 2.75) is 13.0 Å². The third-order valence-electron chi connectivity index (χ3n) is 3.31. The molecule has 1 atom stereocenters. The van der Waals surface area contributed by atoms with Gasteiger partial charge in [-0.15, -0.1) is 0 Å². The highest BCUT2D eigenvalue weighted by Gasteiger charge is 2.13. The maximum atomic E-state index is 12.2. The Balaban J connectivity index is 1.90. The maximum absolute atomic E-state index is 12.2. The van der Waals surface area contributed by atoms with E-state index in [-0.39, 0.29) is 24.4 Å². The lowest BCUT2D eigenvalue weighted by atomic mass is 10.2. The first kappa shape index (κ1) is 19.9. The summed E-state index contributed by atoms with van der Waals surface area (Å²) in [7, 11) is 0. The number of nitrogens with one attached hydrogen (secondary N) is 2. The van der Waals surface area contributed by atoms with E-state index < -0.39 is 0 Å². The molecule has 2 aromatic rings. The second-order valence-corrected chi connectivity index (χ2v) is 6.97. The summed E-state index contributed by atoms with van der Waals surface area (Å²) in [5, 5.41) is 6.84. The Morgan fingerprint density at radius 1 is 0.840 bits per heavy atom. The van der Waals surface area contributed by atoms with Crippen molar-refractivity contribution in [1.82, 2.24) is 10.6 Å². The average Bonchev–Trinajstić information content (AvgIpc) is 2.57. The molecule has 0 radical (unpaired) electrons. The second kappa shape index (κ2) is 8.77. The van der Waals surface area contributed by atoms with Gasteiger partial charge in [-0.3, -0.25) is 9.59 Å². The number of benzene rings is 2. The molecule has 4 nitrogen and oxygen atoms in total. The number of halogens is 4. The highest BCUT2D eigenvalue weighted by Crippen LogP contribution is 2.23. The lowest BCUT2D eigenvalue weighted by molar-refractivity contribution is 0.0912. The van der Waals surface area contributed by atoms with Gasteiger partial charge in [0.05, 0.1) is 20.1 Å². The zero-order chi connectivity index (χ0) is 18.6. The molecule has 2 rings (SSSR count). The van der Waals surface area contributed by atoms with Crippen molar-refractivity contribution in [1.29, 1.82) is 0 Å². The standard InChI is InChI=1S/C17H14Cl4N2O2/c1-9(23-17(25)11-3-5-13(19)15(21)7-11)8-22-16(24)10-2-4-12(18)14(20)6-10/h2-7,9H,8H2,1H3,(H,22,24)(H,23,25). The van der Waals surface area contributed by atoms with Crippen LogP contribution in [0.3, 0.4) is 0 Å². The van der Waals surface area contributed by atoms with Crippen LogP contribution in [-0.4, -0.2) is 24.4 Å². The Kier molecular flexibility index (Phi) is 6.96. The predicted octanol–water partition coefficient (Wildman–Crippen LogP) is 4.85. The van der Waals surface area contributed by atoms with E-state index in [1.54, 1.807) is 31.2 Å². The first-order valence-electron chi connectivity index (χ1n) is 7.27. The van der Waals surface area contributed by atoms with Crippen molar-refractivity contribution >= 4 is 58.2 Å². The molecule has 25 heavy (non-hydrogen) atoms. The first-order valence-corrected chi connectivity index (χ1v) is 8.78. The number of hydrogen-bond acceptors (Lipinski definition) is 2. The summed E-state index contributed by atoms with van der Waals surface area (Å²) < 4.78 is 0. The molecule has 2 N–H and O–H groups in total. The van der Waals surface area contributed by atoms with Gasteiger partial charge >= 0.3 is 0 Å². The number of carbonyl (C=O) groups is 2. The summed E-state index contributed by atoms with van der Waals surface area (Å²) in [6, 6.07) is 8.92. The Hall–Kier alpha value is -1.46. The van der Waals surface area contributed by atoms with Crippen molar-refractivity contribution in [3.8, 4) is 0 Å². The topological polar surface area (TPSA) is 58.2 Å². The maximum Gasteiger partial charge on any atom is 0.251 e. The van der Waals surface area contributed by atoms with Gasteiger partial charge in [-0.2, -0.15) is 0 Å². The van der Waals surface area contributed by atoms with Crippen LogP contribution in [0.25, 0.3) is 0 Å². The van der Waals surface area contributed by atoms with Crippen molar-refractivity contribution in [3.05, 3.63) is 67.6 Å². The largest absolute Gasteiger partial charge is 0.350 e. The van der Waals surface area contributed by atoms with E-state index in [4.69, 9.17) is 46.4 Å². The van der Waals surface area contributed by atoms with E-state index in [1.165, 1.54) is 12.1 Å². The molecule has 2 aromatic carbocycles. The SMILES string of the molecule is CC(CNC(=O)c1ccc(Cl)c(Cl)c1)NC(=O)c1ccc(Cl)c(Cl)c1. The summed E-state index contributed by atoms with van der Waals surface area (Å²) in [6.07, 6.45) is 0. The van der Waals surface area contributed by atoms with Crippen molar-refractivity contribution in [2.24, 2.45) is 0 Å². The van der Waals surface area contributed by atoms with Gasteiger partial charge in [0.2, 0.25) is 0 Å². The molecule has 0 heterocycles. The molecule has 0 aliphatic rings. The van der Waals surface area contributed by atoms with Crippen LogP contribution in [0.2, 0.25) is 20.1 Å². The van der Waals surface area contributed by atoms with Gasteiger partial charge in [-0.05, 0) is 43.3 Å². The molecular formula is C17H14Cl4N2O2. The van der Waals surface area contributed by atoms with Gasteiger partial charge in [0.1, 0.15) is 0 Å². The number of rotatable bonds is 5. The molecule has 0 fully saturated rings. The van der Waals surface area contributed by atoms with E-state index >= 15 is 0 Å². The minimum absolute atomic E-state index is 0.242. The molecular weight excluding hydrogens is 406 g/mol. The number of carbonyl (C=O) groups excluding carboxylic acids is 2. The normalized spacial score (nSPS) is 11.7. The summed E-state index contributed by atoms with van der Waals surface area (Å²) in [5.41, 5.74) is 0.773. The lowest BCUT2D eigenvalue weighted by Gasteiger charge is -2.15. The number of amides is 2. The van der Waals surface area contributed by atoms with Crippen LogP contribution in [0, 0.1) is 0 Å². The fourth-order valence-electron chi connectivity index (χ4n) is 1.98. The molecule has 0 spiro atoms. The fraction of sp³-hybridized carbons (Fsp3) is 0.176. The van der Waals surface area contributed by atoms with Crippen LogP contribution in [0.1, 0.15) is 27.6 Å². The van der Waals surface area contributed by atoms with E-state index in [2.05, 4.69) is 10.6 Å². The van der Waals surface area contributed by atoms with E-state index in [9.17, 15) is 9.59 Å². The molecule has 8 heteroatoms. The van der Waals surface area contributed by atoms with E-state index in [0.717, 1.165) is 0 Å². The van der Waals surface area contributed by atoms with Crippen LogP contribution < -0.4 is 10.6 Å². The van der Waals surface area contributed by atoms with E-state index in [0.29, 0.717) is 31.2 Å². The Morgan fingerprint density at radius 3 is 1.80 bits per heavy atom. The van der Waals surface area contributed by atoms with Gasteiger partial charge in [0, 0.05) is 23.7 Å². The van der Waals surface area contributed by atoms with Crippen LogP contribution >= 0.6 is 46.4 Å². The molecule has 0 saturated carbocycles. The van der Waals surface area contributed by atoms with Crippen LogP contribution in [0.5, 0.6) is 0 Å². The molecule has 0 saturated heterocycles. The lowest BCUT2D eigenvalue weighted by Crippen LogP contribution is -2.41. The highest BCUT2D eigenvalue weighted by molar-refractivity contribution is 6.42. The molecule has 0 aliphatic carbocycles. The van der Waals surface area contributed by atoms with Gasteiger partial charge in [0.15, 0.2) is 0 Å². The number of hydrogen-bond donors (Lipinski definition) is 2. The molecule has 2 amide bonds. The zero-order valence-corrected chi connectivity index (χ0v) is 16.1. The minimum atomic E-state index is -0.311. The highest BCUT2D eigenvalue weighted by atomic mass is 35.5. The van der Waals surface area contributed by atoms with Gasteiger partial charge in [-0.25, -0.2) is 0 Å². The van der Waals surface area contributed by atoms with Crippen LogP contribution in [0.4, 0.5) is 0 Å². The third kappa shape index (κ3) is 5.51.